The number of rotatable bonds is 6. The quantitative estimate of drug-likeness (QED) is 0.354. The monoisotopic (exact) mass is 557 g/mol. The minimum Gasteiger partial charge on any atom is -0.497 e. The Bertz CT molecular complexity index is 1550. The number of benzene rings is 2. The van der Waals surface area contributed by atoms with Gasteiger partial charge in [0.2, 0.25) is 0 Å². The Balaban J connectivity index is 1.80. The first-order chi connectivity index (χ1) is 19.8. The number of ketones is 1. The van der Waals surface area contributed by atoms with Crippen LogP contribution in [0.4, 0.5) is 10.1 Å². The second kappa shape index (κ2) is 11.2. The molecule has 0 spiro atoms. The molecule has 5 rings (SSSR count). The van der Waals surface area contributed by atoms with Gasteiger partial charge >= 0.3 is 11.9 Å². The molecule has 1 aromatic heterocycles. The number of anilines is 1. The summed E-state index contributed by atoms with van der Waals surface area (Å²) in [6.07, 6.45) is 3.28. The van der Waals surface area contributed by atoms with Crippen LogP contribution in [0.5, 0.6) is 5.75 Å². The van der Waals surface area contributed by atoms with Crippen molar-refractivity contribution in [1.29, 1.82) is 0 Å². The fraction of sp³-hybridized carbons (Fsp3) is 0.226. The molecule has 3 atom stereocenters. The van der Waals surface area contributed by atoms with Crippen LogP contribution in [-0.4, -0.2) is 44.0 Å². The normalized spacial score (nSPS) is 20.4. The number of hydrogen-bond donors (Lipinski definition) is 1. The van der Waals surface area contributed by atoms with Crippen LogP contribution in [0.25, 0.3) is 0 Å². The van der Waals surface area contributed by atoms with Gasteiger partial charge < -0.3 is 19.9 Å². The van der Waals surface area contributed by atoms with Crippen molar-refractivity contribution in [2.45, 2.75) is 18.3 Å². The Hall–Kier alpha value is -4.99. The number of nitrogens with two attached hydrogens (primary N) is 1. The highest BCUT2D eigenvalue weighted by Crippen LogP contribution is 2.51. The van der Waals surface area contributed by atoms with Crippen LogP contribution < -0.4 is 15.4 Å². The highest BCUT2D eigenvalue weighted by molar-refractivity contribution is 6.14. The van der Waals surface area contributed by atoms with E-state index in [9.17, 15) is 18.8 Å². The summed E-state index contributed by atoms with van der Waals surface area (Å²) in [5.74, 6) is -4.63. The molecule has 41 heavy (non-hydrogen) atoms. The van der Waals surface area contributed by atoms with E-state index in [-0.39, 0.29) is 23.4 Å². The van der Waals surface area contributed by atoms with E-state index in [4.69, 9.17) is 19.9 Å². The molecule has 2 N–H and O–H groups in total. The van der Waals surface area contributed by atoms with Crippen LogP contribution in [0.1, 0.15) is 29.4 Å². The average Bonchev–Trinajstić information content (AvgIpc) is 3.00. The van der Waals surface area contributed by atoms with Crippen molar-refractivity contribution in [3.05, 3.63) is 113 Å². The zero-order valence-electron chi connectivity index (χ0n) is 22.7. The minimum absolute atomic E-state index is 0.00318. The number of carbonyl (C=O) groups is 3. The average molecular weight is 558 g/mol. The Morgan fingerprint density at radius 1 is 0.976 bits per heavy atom. The predicted octanol–water partition coefficient (Wildman–Crippen LogP) is 3.98. The third kappa shape index (κ3) is 4.82. The van der Waals surface area contributed by atoms with E-state index in [2.05, 4.69) is 4.98 Å². The molecule has 210 valence electrons. The zero-order valence-corrected chi connectivity index (χ0v) is 22.7. The number of halogens is 1. The summed E-state index contributed by atoms with van der Waals surface area (Å²) < 4.78 is 29.5. The molecular weight excluding hydrogens is 529 g/mol. The van der Waals surface area contributed by atoms with E-state index in [1.807, 2.05) is 0 Å². The molecule has 2 aromatic carbocycles. The molecule has 3 aromatic rings. The second-order valence-electron chi connectivity index (χ2n) is 9.63. The van der Waals surface area contributed by atoms with Gasteiger partial charge in [0.1, 0.15) is 23.3 Å². The first-order valence-corrected chi connectivity index (χ1v) is 12.8. The lowest BCUT2D eigenvalue weighted by molar-refractivity contribution is -0.150. The summed E-state index contributed by atoms with van der Waals surface area (Å²) in [6, 6.07) is 16.0. The molecule has 0 amide bonds. The number of Topliss-reactive ketones (excluding diaryl/α,β-unsaturated/α-hetero) is 1. The van der Waals surface area contributed by atoms with Gasteiger partial charge in [-0.15, -0.1) is 0 Å². The molecule has 2 aliphatic rings. The molecule has 10 heteroatoms. The summed E-state index contributed by atoms with van der Waals surface area (Å²) in [6.45, 7) is 0. The van der Waals surface area contributed by atoms with Gasteiger partial charge in [0.15, 0.2) is 5.78 Å². The van der Waals surface area contributed by atoms with Gasteiger partial charge in [-0.3, -0.25) is 19.5 Å². The molecule has 1 aliphatic heterocycles. The molecule has 2 heterocycles. The number of ether oxygens (including phenoxy) is 3. The highest BCUT2D eigenvalue weighted by atomic mass is 19.1. The van der Waals surface area contributed by atoms with Gasteiger partial charge in [0.25, 0.3) is 0 Å². The maximum atomic E-state index is 14.5. The van der Waals surface area contributed by atoms with Gasteiger partial charge in [-0.1, -0.05) is 18.2 Å². The van der Waals surface area contributed by atoms with Crippen LogP contribution in [0.2, 0.25) is 0 Å². The van der Waals surface area contributed by atoms with E-state index in [0.29, 0.717) is 28.3 Å². The number of allylic oxidation sites excluding steroid dienone is 2. The number of hydrogen-bond acceptors (Lipinski definition) is 9. The summed E-state index contributed by atoms with van der Waals surface area (Å²) in [4.78, 5) is 46.8. The number of methoxy groups -OCH3 is 3. The van der Waals surface area contributed by atoms with Gasteiger partial charge in [-0.2, -0.15) is 0 Å². The molecule has 0 bridgehead atoms. The van der Waals surface area contributed by atoms with E-state index >= 15 is 0 Å². The fourth-order valence-corrected chi connectivity index (χ4v) is 5.66. The van der Waals surface area contributed by atoms with E-state index < -0.39 is 41.3 Å². The maximum absolute atomic E-state index is 14.5. The number of nitrogens with zero attached hydrogens (tertiary/aromatic N) is 2. The molecular formula is C31H28FN3O6. The van der Waals surface area contributed by atoms with E-state index in [1.54, 1.807) is 54.6 Å². The minimum atomic E-state index is -1.21. The van der Waals surface area contributed by atoms with Crippen LogP contribution in [0, 0.1) is 11.7 Å². The molecule has 0 fully saturated rings. The van der Waals surface area contributed by atoms with Crippen LogP contribution in [0.3, 0.4) is 0 Å². The number of carbonyl (C=O) groups excluding carboxylic acids is 3. The second-order valence-corrected chi connectivity index (χ2v) is 9.63. The number of aromatic nitrogens is 1. The van der Waals surface area contributed by atoms with Gasteiger partial charge in [0.05, 0.1) is 32.8 Å². The lowest BCUT2D eigenvalue weighted by Gasteiger charge is -2.44. The third-order valence-electron chi connectivity index (χ3n) is 7.55. The lowest BCUT2D eigenvalue weighted by Crippen LogP contribution is -2.46. The Labute approximate surface area is 236 Å². The fourth-order valence-electron chi connectivity index (χ4n) is 5.66. The molecule has 0 radical (unpaired) electrons. The van der Waals surface area contributed by atoms with Crippen molar-refractivity contribution in [3.63, 3.8) is 0 Å². The SMILES string of the molecule is COC(=O)C1=C(N)N(c2ccc(F)cc2)C2=C(C(=O)[C@H](C(=O)OC)[C@H](c3ccc(OC)cc3)C2)[C@@H]1c1cccnc1. The molecule has 0 unspecified atom stereocenters. The van der Waals surface area contributed by atoms with Crippen molar-refractivity contribution >= 4 is 23.4 Å². The Morgan fingerprint density at radius 3 is 2.27 bits per heavy atom. The highest BCUT2D eigenvalue weighted by Gasteiger charge is 2.51. The van der Waals surface area contributed by atoms with Crippen LogP contribution in [0.15, 0.2) is 95.7 Å². The summed E-state index contributed by atoms with van der Waals surface area (Å²) >= 11 is 0. The molecule has 1 aliphatic carbocycles. The molecule has 9 nitrogen and oxygen atoms in total. The first kappa shape index (κ1) is 27.6. The number of pyridine rings is 1. The van der Waals surface area contributed by atoms with Crippen molar-refractivity contribution < 1.29 is 33.0 Å². The van der Waals surface area contributed by atoms with Crippen molar-refractivity contribution in [2.24, 2.45) is 11.7 Å². The zero-order chi connectivity index (χ0) is 29.3. The number of esters is 2. The molecule has 0 saturated heterocycles. The third-order valence-corrected chi connectivity index (χ3v) is 7.55. The first-order valence-electron chi connectivity index (χ1n) is 12.8. The Morgan fingerprint density at radius 2 is 1.68 bits per heavy atom. The van der Waals surface area contributed by atoms with Crippen LogP contribution in [-0.2, 0) is 23.9 Å². The topological polar surface area (TPSA) is 121 Å². The van der Waals surface area contributed by atoms with Crippen LogP contribution >= 0.6 is 0 Å². The van der Waals surface area contributed by atoms with Crippen molar-refractivity contribution in [3.8, 4) is 5.75 Å². The van der Waals surface area contributed by atoms with Gasteiger partial charge in [0, 0.05) is 35.3 Å². The maximum Gasteiger partial charge on any atom is 0.338 e. The standard InChI is InChI=1S/C31H28FN3O6/c1-39-21-12-6-17(7-13-21)22-15-23-26(28(36)25(22)30(37)40-2)24(18-5-4-14-34-16-18)27(31(38)41-3)29(33)35(23)20-10-8-19(32)9-11-20/h4-14,16,22,24-25H,15,33H2,1-3H3/t22-,24-,25+/m0/s1. The van der Waals surface area contributed by atoms with Crippen molar-refractivity contribution in [2.75, 3.05) is 26.2 Å². The smallest absolute Gasteiger partial charge is 0.338 e. The Kier molecular flexibility index (Phi) is 7.56. The van der Waals surface area contributed by atoms with E-state index in [1.165, 1.54) is 44.7 Å². The lowest BCUT2D eigenvalue weighted by atomic mass is 9.67. The predicted molar refractivity (Wildman–Crippen MR) is 147 cm³/mol. The van der Waals surface area contributed by atoms with E-state index in [0.717, 1.165) is 0 Å². The summed E-state index contributed by atoms with van der Waals surface area (Å²) in [7, 11) is 3.99. The summed E-state index contributed by atoms with van der Waals surface area (Å²) in [5, 5.41) is 0. The summed E-state index contributed by atoms with van der Waals surface area (Å²) in [5.41, 5.74) is 9.05. The van der Waals surface area contributed by atoms with Gasteiger partial charge in [-0.25, -0.2) is 9.18 Å². The molecule has 0 saturated carbocycles. The van der Waals surface area contributed by atoms with Gasteiger partial charge in [-0.05, 0) is 60.0 Å². The largest absolute Gasteiger partial charge is 0.497 e. The van der Waals surface area contributed by atoms with Crippen molar-refractivity contribution in [1.82, 2.24) is 4.98 Å².